The molecule has 1 aromatic carbocycles. The van der Waals surface area contributed by atoms with Crippen molar-refractivity contribution in [2.75, 3.05) is 0 Å². The number of benzene rings is 1. The van der Waals surface area contributed by atoms with Gasteiger partial charge in [-0.05, 0) is 36.2 Å². The average molecular weight is 293 g/mol. The minimum atomic E-state index is -0.496. The Labute approximate surface area is 122 Å². The van der Waals surface area contributed by atoms with Crippen molar-refractivity contribution in [1.29, 1.82) is 0 Å². The fourth-order valence-electron chi connectivity index (χ4n) is 1.97. The molecule has 0 saturated carbocycles. The number of hydrogen-bond acceptors (Lipinski definition) is 4. The zero-order valence-electron chi connectivity index (χ0n) is 11.7. The summed E-state index contributed by atoms with van der Waals surface area (Å²) in [6, 6.07) is 7.67. The van der Waals surface area contributed by atoms with Crippen LogP contribution in [-0.2, 0) is 6.54 Å². The summed E-state index contributed by atoms with van der Waals surface area (Å²) < 4.78 is 1.62. The van der Waals surface area contributed by atoms with Crippen LogP contribution in [0.25, 0.3) is 0 Å². The van der Waals surface area contributed by atoms with Crippen LogP contribution in [-0.4, -0.2) is 19.9 Å². The van der Waals surface area contributed by atoms with Crippen LogP contribution < -0.4 is 5.69 Å². The monoisotopic (exact) mass is 293 g/mol. The van der Waals surface area contributed by atoms with Crippen molar-refractivity contribution >= 4 is 11.8 Å². The van der Waals surface area contributed by atoms with Crippen molar-refractivity contribution in [2.24, 2.45) is 0 Å². The first-order chi connectivity index (χ1) is 9.67. The molecule has 0 saturated heterocycles. The molecule has 0 bridgehead atoms. The second-order valence-corrected chi connectivity index (χ2v) is 5.54. The molecule has 0 fully saturated rings. The maximum Gasteiger partial charge on any atom is 0.343 e. The van der Waals surface area contributed by atoms with Gasteiger partial charge in [-0.3, -0.25) is 4.57 Å². The van der Waals surface area contributed by atoms with Gasteiger partial charge in [0.1, 0.15) is 0 Å². The van der Waals surface area contributed by atoms with Crippen molar-refractivity contribution in [2.45, 2.75) is 49.4 Å². The molecular weight excluding hydrogens is 274 g/mol. The number of aromatic nitrogens is 3. The molecule has 2 aromatic rings. The second kappa shape index (κ2) is 6.76. The lowest BCUT2D eigenvalue weighted by atomic mass is 10.1. The molecule has 1 atom stereocenters. The molecule has 6 heteroatoms. The fraction of sp³-hybridized carbons (Fsp3) is 0.429. The SMILES string of the molecule is CCCn1c(Sc2ccccc2C(O)CC)n[nH]c1=O. The van der Waals surface area contributed by atoms with E-state index >= 15 is 0 Å². The van der Waals surface area contributed by atoms with Crippen molar-refractivity contribution in [3.8, 4) is 0 Å². The maximum atomic E-state index is 11.7. The Morgan fingerprint density at radius 3 is 2.85 bits per heavy atom. The lowest BCUT2D eigenvalue weighted by Gasteiger charge is -2.13. The zero-order valence-corrected chi connectivity index (χ0v) is 12.5. The number of H-pyrrole nitrogens is 1. The van der Waals surface area contributed by atoms with Crippen LogP contribution in [0.5, 0.6) is 0 Å². The lowest BCUT2D eigenvalue weighted by Crippen LogP contribution is -2.17. The molecule has 0 aliphatic rings. The van der Waals surface area contributed by atoms with E-state index in [2.05, 4.69) is 10.2 Å². The normalized spacial score (nSPS) is 12.6. The molecule has 0 aliphatic heterocycles. The number of hydrogen-bond donors (Lipinski definition) is 2. The molecule has 5 nitrogen and oxygen atoms in total. The predicted molar refractivity (Wildman–Crippen MR) is 79.0 cm³/mol. The Kier molecular flexibility index (Phi) is 5.03. The molecule has 2 rings (SSSR count). The van der Waals surface area contributed by atoms with E-state index in [-0.39, 0.29) is 5.69 Å². The van der Waals surface area contributed by atoms with Crippen LogP contribution >= 0.6 is 11.8 Å². The van der Waals surface area contributed by atoms with E-state index in [1.165, 1.54) is 11.8 Å². The van der Waals surface area contributed by atoms with Crippen LogP contribution in [0.1, 0.15) is 38.4 Å². The van der Waals surface area contributed by atoms with Gasteiger partial charge in [-0.15, -0.1) is 5.10 Å². The molecule has 1 aromatic heterocycles. The van der Waals surface area contributed by atoms with Gasteiger partial charge >= 0.3 is 5.69 Å². The minimum Gasteiger partial charge on any atom is -0.388 e. The third-order valence-electron chi connectivity index (χ3n) is 3.04. The van der Waals surface area contributed by atoms with E-state index < -0.39 is 6.10 Å². The highest BCUT2D eigenvalue weighted by molar-refractivity contribution is 7.99. The van der Waals surface area contributed by atoms with Crippen molar-refractivity contribution < 1.29 is 5.11 Å². The highest BCUT2D eigenvalue weighted by atomic mass is 32.2. The summed E-state index contributed by atoms with van der Waals surface area (Å²) in [5.41, 5.74) is 0.682. The number of rotatable bonds is 6. The first kappa shape index (κ1) is 14.9. The summed E-state index contributed by atoms with van der Waals surface area (Å²) in [4.78, 5) is 12.6. The standard InChI is InChI=1S/C14H19N3O2S/c1-3-9-17-13(19)15-16-14(17)20-12-8-6-5-7-10(12)11(18)4-2/h5-8,11,18H,3-4,9H2,1-2H3,(H,15,19). The van der Waals surface area contributed by atoms with Crippen LogP contribution in [0.4, 0.5) is 0 Å². The largest absolute Gasteiger partial charge is 0.388 e. The van der Waals surface area contributed by atoms with Gasteiger partial charge in [0, 0.05) is 11.4 Å². The molecular formula is C14H19N3O2S. The zero-order chi connectivity index (χ0) is 14.5. The Morgan fingerprint density at radius 2 is 2.15 bits per heavy atom. The Hall–Kier alpha value is -1.53. The fourth-order valence-corrected chi connectivity index (χ4v) is 3.01. The first-order valence-electron chi connectivity index (χ1n) is 6.77. The number of nitrogens with zero attached hydrogens (tertiary/aromatic N) is 2. The molecule has 0 aliphatic carbocycles. The summed E-state index contributed by atoms with van der Waals surface area (Å²) >= 11 is 1.41. The Balaban J connectivity index is 2.33. The molecule has 2 N–H and O–H groups in total. The smallest absolute Gasteiger partial charge is 0.343 e. The van der Waals surface area contributed by atoms with Gasteiger partial charge in [-0.2, -0.15) is 0 Å². The lowest BCUT2D eigenvalue weighted by molar-refractivity contribution is 0.171. The van der Waals surface area contributed by atoms with Gasteiger partial charge < -0.3 is 5.11 Å². The molecule has 0 amide bonds. The highest BCUT2D eigenvalue weighted by Crippen LogP contribution is 2.32. The molecule has 0 radical (unpaired) electrons. The summed E-state index contributed by atoms with van der Waals surface area (Å²) in [5, 5.41) is 17.2. The third kappa shape index (κ3) is 3.13. The number of aromatic amines is 1. The second-order valence-electron chi connectivity index (χ2n) is 4.53. The van der Waals surface area contributed by atoms with Crippen molar-refractivity contribution in [1.82, 2.24) is 14.8 Å². The predicted octanol–water partition coefficient (Wildman–Crippen LogP) is 2.58. The van der Waals surface area contributed by atoms with Gasteiger partial charge in [0.25, 0.3) is 0 Å². The summed E-state index contributed by atoms with van der Waals surface area (Å²) in [5.74, 6) is 0. The molecule has 0 spiro atoms. The summed E-state index contributed by atoms with van der Waals surface area (Å²) in [6.07, 6.45) is 1.02. The van der Waals surface area contributed by atoms with Crippen molar-refractivity contribution in [3.05, 3.63) is 40.3 Å². The average Bonchev–Trinajstić information content (AvgIpc) is 2.80. The Morgan fingerprint density at radius 1 is 1.40 bits per heavy atom. The quantitative estimate of drug-likeness (QED) is 0.858. The van der Waals surface area contributed by atoms with E-state index in [0.29, 0.717) is 18.1 Å². The van der Waals surface area contributed by atoms with Gasteiger partial charge in [0.15, 0.2) is 5.16 Å². The van der Waals surface area contributed by atoms with Gasteiger partial charge in [0.05, 0.1) is 6.10 Å². The Bertz CT molecular complexity index is 621. The van der Waals surface area contributed by atoms with E-state index in [1.54, 1.807) is 4.57 Å². The number of aliphatic hydroxyl groups is 1. The molecule has 1 unspecified atom stereocenters. The molecule has 1 heterocycles. The van der Waals surface area contributed by atoms with Crippen molar-refractivity contribution in [3.63, 3.8) is 0 Å². The van der Waals surface area contributed by atoms with E-state index in [4.69, 9.17) is 0 Å². The first-order valence-corrected chi connectivity index (χ1v) is 7.59. The minimum absolute atomic E-state index is 0.192. The van der Waals surface area contributed by atoms with E-state index in [0.717, 1.165) is 16.9 Å². The molecule has 108 valence electrons. The van der Waals surface area contributed by atoms with E-state index in [1.807, 2.05) is 38.1 Å². The number of nitrogens with one attached hydrogen (secondary N) is 1. The summed E-state index contributed by atoms with van der Waals surface area (Å²) in [7, 11) is 0. The van der Waals surface area contributed by atoms with Crippen LogP contribution in [0.15, 0.2) is 39.1 Å². The highest BCUT2D eigenvalue weighted by Gasteiger charge is 2.14. The summed E-state index contributed by atoms with van der Waals surface area (Å²) in [6.45, 7) is 4.59. The van der Waals surface area contributed by atoms with E-state index in [9.17, 15) is 9.90 Å². The van der Waals surface area contributed by atoms with Gasteiger partial charge in [0.2, 0.25) is 0 Å². The maximum absolute atomic E-state index is 11.7. The van der Waals surface area contributed by atoms with Crippen LogP contribution in [0.3, 0.4) is 0 Å². The van der Waals surface area contributed by atoms with Gasteiger partial charge in [-0.1, -0.05) is 32.0 Å². The van der Waals surface area contributed by atoms with Gasteiger partial charge in [-0.25, -0.2) is 9.89 Å². The van der Waals surface area contributed by atoms with Crippen LogP contribution in [0, 0.1) is 0 Å². The third-order valence-corrected chi connectivity index (χ3v) is 4.12. The molecule has 20 heavy (non-hydrogen) atoms. The van der Waals surface area contributed by atoms with Crippen LogP contribution in [0.2, 0.25) is 0 Å². The number of aliphatic hydroxyl groups excluding tert-OH is 1. The topological polar surface area (TPSA) is 70.9 Å².